The van der Waals surface area contributed by atoms with Gasteiger partial charge in [-0.05, 0) is 54.4 Å². The third kappa shape index (κ3) is 8.96. The molecule has 0 aliphatic carbocycles. The maximum absolute atomic E-state index is 10.5. The predicted octanol–water partition coefficient (Wildman–Crippen LogP) is 3.13. The Morgan fingerprint density at radius 2 is 1.66 bits per heavy atom. The van der Waals surface area contributed by atoms with Gasteiger partial charge in [0.2, 0.25) is 5.96 Å². The van der Waals surface area contributed by atoms with Gasteiger partial charge in [0.15, 0.2) is 0 Å². The molecule has 0 atom stereocenters. The summed E-state index contributed by atoms with van der Waals surface area (Å²) < 4.78 is 35.2. The number of aryl methyl sites for hydroxylation is 1. The number of nitrogens with zero attached hydrogens (tertiary/aromatic N) is 2. The van der Waals surface area contributed by atoms with E-state index in [4.69, 9.17) is 20.2 Å². The highest BCUT2D eigenvalue weighted by Gasteiger charge is 2.06. The van der Waals surface area contributed by atoms with Crippen molar-refractivity contribution in [3.8, 4) is 5.75 Å². The molecular weight excluding hydrogens is 432 g/mol. The van der Waals surface area contributed by atoms with Crippen LogP contribution in [-0.2, 0) is 16.7 Å². The molecule has 3 aromatic carbocycles. The lowest BCUT2D eigenvalue weighted by Gasteiger charge is -2.06. The van der Waals surface area contributed by atoms with E-state index in [0.717, 1.165) is 22.4 Å². The second kappa shape index (κ2) is 12.2. The van der Waals surface area contributed by atoms with Gasteiger partial charge < -0.3 is 10.5 Å². The predicted molar refractivity (Wildman–Crippen MR) is 122 cm³/mol. The van der Waals surface area contributed by atoms with Gasteiger partial charge in [0.05, 0.1) is 11.1 Å². The number of hydrogen-bond acceptors (Lipinski definition) is 6. The van der Waals surface area contributed by atoms with E-state index in [1.165, 1.54) is 18.3 Å². The van der Waals surface area contributed by atoms with Crippen LogP contribution in [0.25, 0.3) is 0 Å². The Morgan fingerprint density at radius 1 is 1.03 bits per heavy atom. The zero-order valence-electron chi connectivity index (χ0n) is 17.3. The Morgan fingerprint density at radius 3 is 2.22 bits per heavy atom. The average Bonchev–Trinajstić information content (AvgIpc) is 2.79. The van der Waals surface area contributed by atoms with Crippen molar-refractivity contribution < 1.29 is 22.9 Å². The van der Waals surface area contributed by atoms with E-state index in [2.05, 4.69) is 10.2 Å². The van der Waals surface area contributed by atoms with Crippen LogP contribution in [0.15, 0.2) is 94.0 Å². The zero-order chi connectivity index (χ0) is 23.4. The molecule has 5 N–H and O–H groups in total. The molecule has 0 saturated heterocycles. The first-order valence-corrected chi connectivity index (χ1v) is 10.8. The number of hydrogen-bond donors (Lipinski definition) is 4. The summed E-state index contributed by atoms with van der Waals surface area (Å²) in [5.41, 5.74) is 9.81. The molecule has 0 spiro atoms. The zero-order valence-corrected chi connectivity index (χ0v) is 18.1. The topological polar surface area (TPSA) is 147 Å². The van der Waals surface area contributed by atoms with Crippen LogP contribution in [0, 0.1) is 6.92 Å². The van der Waals surface area contributed by atoms with Crippen molar-refractivity contribution in [1.29, 1.82) is 0 Å². The fraction of sp³-hybridized carbons (Fsp3) is 0.0909. The quantitative estimate of drug-likeness (QED) is 0.193. The smallest absolute Gasteiger partial charge is 0.294 e. The van der Waals surface area contributed by atoms with Crippen molar-refractivity contribution in [3.05, 3.63) is 95.6 Å². The first-order valence-electron chi connectivity index (χ1n) is 9.35. The fourth-order valence-corrected chi connectivity index (χ4v) is 2.76. The van der Waals surface area contributed by atoms with Crippen molar-refractivity contribution in [2.75, 3.05) is 0 Å². The first-order chi connectivity index (χ1) is 15.3. The Balaban J connectivity index is 0.000000278. The summed E-state index contributed by atoms with van der Waals surface area (Å²) in [5, 5.41) is 15.6. The Bertz CT molecular complexity index is 1130. The minimum atomic E-state index is -4.02. The molecule has 0 amide bonds. The van der Waals surface area contributed by atoms with Crippen LogP contribution in [0.2, 0.25) is 0 Å². The maximum atomic E-state index is 10.5. The van der Waals surface area contributed by atoms with Gasteiger partial charge in [0.25, 0.3) is 10.1 Å². The van der Waals surface area contributed by atoms with Gasteiger partial charge in [-0.3, -0.25) is 9.76 Å². The number of guanidine groups is 1. The van der Waals surface area contributed by atoms with Crippen LogP contribution in [0.1, 0.15) is 16.7 Å². The lowest BCUT2D eigenvalue weighted by Crippen LogP contribution is -2.27. The van der Waals surface area contributed by atoms with Crippen LogP contribution in [-0.4, -0.2) is 30.4 Å². The standard InChI is InChI=1S/C15H16N4O2.C7H8O3S/c16-15(19-20)18-17-10-12-6-8-14(9-7-12)21-11-13-4-2-1-3-5-13;1-6-2-4-7(5-3-6)11(8,9)10/h1-10,20H,11H2,(H3,16,18,19);2-5H,1H3,(H,8,9,10). The number of benzene rings is 3. The van der Waals surface area contributed by atoms with E-state index in [1.54, 1.807) is 17.6 Å². The van der Waals surface area contributed by atoms with Crippen molar-refractivity contribution in [1.82, 2.24) is 5.48 Å². The number of nitrogens with two attached hydrogens (primary N) is 1. The largest absolute Gasteiger partial charge is 0.489 e. The second-order valence-corrected chi connectivity index (χ2v) is 7.89. The summed E-state index contributed by atoms with van der Waals surface area (Å²) in [6, 6.07) is 23.3. The minimum Gasteiger partial charge on any atom is -0.489 e. The molecule has 10 heteroatoms. The van der Waals surface area contributed by atoms with E-state index >= 15 is 0 Å². The summed E-state index contributed by atoms with van der Waals surface area (Å²) in [4.78, 5) is -0.0666. The van der Waals surface area contributed by atoms with E-state index in [9.17, 15) is 8.42 Å². The molecule has 32 heavy (non-hydrogen) atoms. The highest BCUT2D eigenvalue weighted by Crippen LogP contribution is 2.13. The molecule has 0 saturated carbocycles. The Labute approximate surface area is 186 Å². The van der Waals surface area contributed by atoms with Gasteiger partial charge in [-0.1, -0.05) is 48.0 Å². The molecule has 3 rings (SSSR count). The Kier molecular flexibility index (Phi) is 9.36. The SMILES string of the molecule is Cc1ccc(S(=O)(=O)O)cc1.NC(=NN=Cc1ccc(OCc2ccccc2)cc1)NO. The highest BCUT2D eigenvalue weighted by atomic mass is 32.2. The molecule has 3 aromatic rings. The van der Waals surface area contributed by atoms with Gasteiger partial charge in [-0.25, -0.2) is 5.48 Å². The van der Waals surface area contributed by atoms with Crippen molar-refractivity contribution >= 4 is 22.3 Å². The average molecular weight is 457 g/mol. The van der Waals surface area contributed by atoms with Crippen LogP contribution >= 0.6 is 0 Å². The van der Waals surface area contributed by atoms with Gasteiger partial charge in [0, 0.05) is 0 Å². The molecule has 0 unspecified atom stereocenters. The molecule has 0 heterocycles. The lowest BCUT2D eigenvalue weighted by atomic mass is 10.2. The normalized spacial score (nSPS) is 11.5. The van der Waals surface area contributed by atoms with Crippen LogP contribution < -0.4 is 16.0 Å². The van der Waals surface area contributed by atoms with Crippen LogP contribution in [0.3, 0.4) is 0 Å². The monoisotopic (exact) mass is 456 g/mol. The molecule has 0 bridgehead atoms. The van der Waals surface area contributed by atoms with Gasteiger partial charge in [-0.2, -0.15) is 13.5 Å². The molecule has 0 aliphatic heterocycles. The summed E-state index contributed by atoms with van der Waals surface area (Å²) in [6.45, 7) is 2.37. The molecule has 0 aromatic heterocycles. The summed E-state index contributed by atoms with van der Waals surface area (Å²) in [6.07, 6.45) is 1.52. The summed E-state index contributed by atoms with van der Waals surface area (Å²) in [7, 11) is -4.02. The van der Waals surface area contributed by atoms with E-state index < -0.39 is 10.1 Å². The number of nitrogens with one attached hydrogen (secondary N) is 1. The van der Waals surface area contributed by atoms with Crippen molar-refractivity contribution in [3.63, 3.8) is 0 Å². The van der Waals surface area contributed by atoms with Gasteiger partial charge in [-0.15, -0.1) is 5.10 Å². The van der Waals surface area contributed by atoms with E-state index in [0.29, 0.717) is 6.61 Å². The van der Waals surface area contributed by atoms with Gasteiger partial charge >= 0.3 is 0 Å². The van der Waals surface area contributed by atoms with Crippen molar-refractivity contribution in [2.24, 2.45) is 15.9 Å². The second-order valence-electron chi connectivity index (χ2n) is 6.47. The number of rotatable bonds is 6. The lowest BCUT2D eigenvalue weighted by molar-refractivity contribution is 0.232. The maximum Gasteiger partial charge on any atom is 0.294 e. The molecule has 9 nitrogen and oxygen atoms in total. The van der Waals surface area contributed by atoms with Crippen LogP contribution in [0.4, 0.5) is 0 Å². The first kappa shape index (κ1) is 24.5. The molecular formula is C22H24N4O5S. The van der Waals surface area contributed by atoms with E-state index in [-0.39, 0.29) is 10.9 Å². The summed E-state index contributed by atoms with van der Waals surface area (Å²) in [5.74, 6) is 0.602. The number of ether oxygens (including phenoxy) is 1. The number of hydroxylamine groups is 1. The van der Waals surface area contributed by atoms with Gasteiger partial charge in [0.1, 0.15) is 12.4 Å². The third-order valence-corrected chi connectivity index (χ3v) is 4.80. The third-order valence-electron chi connectivity index (χ3n) is 3.93. The van der Waals surface area contributed by atoms with Crippen LogP contribution in [0.5, 0.6) is 5.75 Å². The highest BCUT2D eigenvalue weighted by molar-refractivity contribution is 7.85. The Hall–Kier alpha value is -3.73. The molecule has 168 valence electrons. The van der Waals surface area contributed by atoms with E-state index in [1.807, 2.05) is 61.5 Å². The molecule has 0 radical (unpaired) electrons. The minimum absolute atomic E-state index is 0.0666. The fourth-order valence-electron chi connectivity index (χ4n) is 2.28. The molecule has 0 fully saturated rings. The summed E-state index contributed by atoms with van der Waals surface area (Å²) >= 11 is 0. The molecule has 0 aliphatic rings. The van der Waals surface area contributed by atoms with Crippen molar-refractivity contribution in [2.45, 2.75) is 18.4 Å².